The first-order valence-corrected chi connectivity index (χ1v) is 20.2. The summed E-state index contributed by atoms with van der Waals surface area (Å²) in [5.41, 5.74) is 2.83. The van der Waals surface area contributed by atoms with Crippen molar-refractivity contribution >= 4 is 37.0 Å². The second-order valence-corrected chi connectivity index (χ2v) is 20.6. The summed E-state index contributed by atoms with van der Waals surface area (Å²) in [7, 11) is -1.20. The lowest BCUT2D eigenvalue weighted by Gasteiger charge is -2.40. The zero-order valence-electron chi connectivity index (χ0n) is 28.7. The van der Waals surface area contributed by atoms with Gasteiger partial charge < -0.3 is 24.2 Å². The summed E-state index contributed by atoms with van der Waals surface area (Å²) in [5, 5.41) is 5.00. The molecule has 0 saturated carbocycles. The topological polar surface area (TPSA) is 102 Å². The van der Waals surface area contributed by atoms with Gasteiger partial charge in [-0.25, -0.2) is 24.4 Å². The molecule has 11 nitrogen and oxygen atoms in total. The van der Waals surface area contributed by atoms with Gasteiger partial charge in [0.05, 0.1) is 6.20 Å². The highest BCUT2D eigenvalue weighted by Gasteiger charge is 2.32. The molecule has 5 heterocycles. The molecule has 2 fully saturated rings. The molecule has 45 heavy (non-hydrogen) atoms. The summed E-state index contributed by atoms with van der Waals surface area (Å²) >= 11 is 0. The highest BCUT2D eigenvalue weighted by atomic mass is 28.3. The Balaban J connectivity index is 1.39. The van der Waals surface area contributed by atoms with Gasteiger partial charge in [0.25, 0.3) is 0 Å². The fourth-order valence-electron chi connectivity index (χ4n) is 6.18. The summed E-state index contributed by atoms with van der Waals surface area (Å²) in [5.74, 6) is 1.63. The lowest BCUT2D eigenvalue weighted by atomic mass is 9.98. The molecule has 0 unspecified atom stereocenters. The minimum absolute atomic E-state index is 0.00496. The van der Waals surface area contributed by atoms with Gasteiger partial charge in [0.2, 0.25) is 5.95 Å². The van der Waals surface area contributed by atoms with Gasteiger partial charge >= 0.3 is 6.09 Å². The third kappa shape index (κ3) is 7.95. The molecule has 0 bridgehead atoms. The number of hydrogen-bond donors (Lipinski definition) is 0. The third-order valence-electron chi connectivity index (χ3n) is 8.72. The van der Waals surface area contributed by atoms with E-state index in [2.05, 4.69) is 56.3 Å². The maximum absolute atomic E-state index is 12.7. The highest BCUT2D eigenvalue weighted by molar-refractivity contribution is 6.76. The molecule has 2 aliphatic heterocycles. The predicted octanol–water partition coefficient (Wildman–Crippen LogP) is 6.41. The van der Waals surface area contributed by atoms with Crippen LogP contribution in [-0.4, -0.2) is 93.8 Å². The van der Waals surface area contributed by atoms with Crippen LogP contribution in [0.2, 0.25) is 25.7 Å². The molecule has 3 atom stereocenters. The molecule has 0 radical (unpaired) electrons. The van der Waals surface area contributed by atoms with E-state index in [1.54, 1.807) is 0 Å². The zero-order chi connectivity index (χ0) is 32.5. The first-order valence-electron chi connectivity index (χ1n) is 16.5. The van der Waals surface area contributed by atoms with E-state index in [0.717, 1.165) is 52.9 Å². The van der Waals surface area contributed by atoms with Crippen LogP contribution in [0.15, 0.2) is 24.5 Å². The standard InChI is InChI=1S/C33H52N8O3Si/c1-23-11-10-12-24(2)41(23)31-35-20-27-30(36-31)29(37-40(27)22-43-17-18-45(7,8)9)26-13-14-28(34-19-26)38-15-16-39(25(3)21-38)32(42)44-33(4,5)6/h13-14,19-20,23-25H,10-12,15-18,21-22H2,1-9H3/t23-,24+,25-/m1/s1. The number of fused-ring (bicyclic) bond motifs is 1. The molecule has 0 N–H and O–H groups in total. The molecule has 3 aromatic rings. The molecular weight excluding hydrogens is 585 g/mol. The molecule has 2 saturated heterocycles. The number of ether oxygens (including phenoxy) is 2. The van der Waals surface area contributed by atoms with Gasteiger partial charge in [0, 0.05) is 64.2 Å². The number of hydrogen-bond acceptors (Lipinski definition) is 9. The van der Waals surface area contributed by atoms with Crippen molar-refractivity contribution in [3.8, 4) is 11.3 Å². The number of anilines is 2. The smallest absolute Gasteiger partial charge is 0.410 e. The number of amides is 1. The summed E-state index contributed by atoms with van der Waals surface area (Å²) < 4.78 is 13.6. The predicted molar refractivity (Wildman–Crippen MR) is 183 cm³/mol. The SMILES string of the molecule is C[C@@H]1CN(c2ccc(-c3nn(COCC[Si](C)(C)C)c4cnc(N5[C@H](C)CCC[C@@H]5C)nc34)cn2)CCN1C(=O)OC(C)(C)C. The normalized spacial score (nSPS) is 21.4. The third-order valence-corrected chi connectivity index (χ3v) is 10.4. The van der Waals surface area contributed by atoms with Crippen LogP contribution in [0.1, 0.15) is 60.8 Å². The van der Waals surface area contributed by atoms with Crippen molar-refractivity contribution in [3.63, 3.8) is 0 Å². The Bertz CT molecular complexity index is 1460. The zero-order valence-corrected chi connectivity index (χ0v) is 29.7. The van der Waals surface area contributed by atoms with E-state index in [9.17, 15) is 4.79 Å². The molecule has 5 rings (SSSR count). The molecule has 246 valence electrons. The van der Waals surface area contributed by atoms with Crippen molar-refractivity contribution in [2.45, 2.75) is 117 Å². The number of piperidine rings is 1. The van der Waals surface area contributed by atoms with E-state index in [-0.39, 0.29) is 12.1 Å². The second kappa shape index (κ2) is 13.2. The van der Waals surface area contributed by atoms with Crippen molar-refractivity contribution < 1.29 is 14.3 Å². The van der Waals surface area contributed by atoms with Crippen molar-refractivity contribution in [2.75, 3.05) is 36.0 Å². The number of carbonyl (C=O) groups is 1. The van der Waals surface area contributed by atoms with Crippen molar-refractivity contribution in [3.05, 3.63) is 24.5 Å². The number of piperazine rings is 1. The van der Waals surface area contributed by atoms with Crippen LogP contribution in [0.25, 0.3) is 22.3 Å². The van der Waals surface area contributed by atoms with Crippen molar-refractivity contribution in [1.82, 2.24) is 29.6 Å². The molecule has 0 aromatic carbocycles. The minimum Gasteiger partial charge on any atom is -0.444 e. The van der Waals surface area contributed by atoms with E-state index in [1.165, 1.54) is 6.42 Å². The Kier molecular flexibility index (Phi) is 9.74. The van der Waals surface area contributed by atoms with Crippen LogP contribution in [0.4, 0.5) is 16.6 Å². The second-order valence-electron chi connectivity index (χ2n) is 15.0. The Morgan fingerprint density at radius 2 is 1.73 bits per heavy atom. The minimum atomic E-state index is -1.20. The number of carbonyl (C=O) groups excluding carboxylic acids is 1. The van der Waals surface area contributed by atoms with Gasteiger partial charge in [-0.05, 0) is 79.0 Å². The van der Waals surface area contributed by atoms with Crippen molar-refractivity contribution in [1.29, 1.82) is 0 Å². The van der Waals surface area contributed by atoms with Gasteiger partial charge in [-0.3, -0.25) is 0 Å². The molecule has 0 spiro atoms. The molecule has 0 aliphatic carbocycles. The average molecular weight is 637 g/mol. The average Bonchev–Trinajstić information content (AvgIpc) is 3.31. The van der Waals surface area contributed by atoms with E-state index in [4.69, 9.17) is 29.5 Å². The number of aromatic nitrogens is 5. The number of rotatable bonds is 8. The van der Waals surface area contributed by atoms with Crippen LogP contribution in [-0.2, 0) is 16.2 Å². The summed E-state index contributed by atoms with van der Waals surface area (Å²) in [6.45, 7) is 22.3. The fraction of sp³-hybridized carbons (Fsp3) is 0.667. The molecule has 3 aromatic heterocycles. The quantitative estimate of drug-likeness (QED) is 0.205. The van der Waals surface area contributed by atoms with E-state index in [0.29, 0.717) is 45.1 Å². The van der Waals surface area contributed by atoms with Gasteiger partial charge in [-0.1, -0.05) is 19.6 Å². The van der Waals surface area contributed by atoms with Crippen LogP contribution in [0, 0.1) is 0 Å². The van der Waals surface area contributed by atoms with Crippen molar-refractivity contribution in [2.24, 2.45) is 0 Å². The monoisotopic (exact) mass is 636 g/mol. The highest BCUT2D eigenvalue weighted by Crippen LogP contribution is 2.32. The number of pyridine rings is 1. The summed E-state index contributed by atoms with van der Waals surface area (Å²) in [4.78, 5) is 33.9. The lowest BCUT2D eigenvalue weighted by Crippen LogP contribution is -2.55. The Labute approximate surface area is 269 Å². The van der Waals surface area contributed by atoms with E-state index >= 15 is 0 Å². The Morgan fingerprint density at radius 3 is 2.36 bits per heavy atom. The lowest BCUT2D eigenvalue weighted by molar-refractivity contribution is 0.0158. The molecule has 1 amide bonds. The van der Waals surface area contributed by atoms with E-state index < -0.39 is 13.7 Å². The van der Waals surface area contributed by atoms with Gasteiger partial charge in [-0.2, -0.15) is 5.10 Å². The Hall–Kier alpha value is -3.25. The van der Waals surface area contributed by atoms with Gasteiger partial charge in [-0.15, -0.1) is 0 Å². The van der Waals surface area contributed by atoms with Crippen LogP contribution in [0.5, 0.6) is 0 Å². The largest absolute Gasteiger partial charge is 0.444 e. The van der Waals surface area contributed by atoms with Crippen LogP contribution >= 0.6 is 0 Å². The molecule has 12 heteroatoms. The van der Waals surface area contributed by atoms with Crippen LogP contribution in [0.3, 0.4) is 0 Å². The van der Waals surface area contributed by atoms with Crippen LogP contribution < -0.4 is 9.80 Å². The summed E-state index contributed by atoms with van der Waals surface area (Å²) in [6.07, 6.45) is 7.02. The van der Waals surface area contributed by atoms with Gasteiger partial charge in [0.1, 0.15) is 34.9 Å². The molecule has 2 aliphatic rings. The Morgan fingerprint density at radius 1 is 1.00 bits per heavy atom. The molecular formula is C33H52N8O3Si. The fourth-order valence-corrected chi connectivity index (χ4v) is 6.94. The first kappa shape index (κ1) is 33.1. The summed E-state index contributed by atoms with van der Waals surface area (Å²) in [6, 6.07) is 5.98. The van der Waals surface area contributed by atoms with Gasteiger partial charge in [0.15, 0.2) is 0 Å². The maximum atomic E-state index is 12.7. The maximum Gasteiger partial charge on any atom is 0.410 e. The first-order chi connectivity index (χ1) is 21.2. The van der Waals surface area contributed by atoms with E-state index in [1.807, 2.05) is 48.8 Å². The number of nitrogens with zero attached hydrogens (tertiary/aromatic N) is 8.